The van der Waals surface area contributed by atoms with Crippen LogP contribution in [0.4, 0.5) is 13.2 Å². The van der Waals surface area contributed by atoms with Crippen LogP contribution >= 0.6 is 0 Å². The summed E-state index contributed by atoms with van der Waals surface area (Å²) in [4.78, 5) is 2.84. The van der Waals surface area contributed by atoms with Gasteiger partial charge in [0.2, 0.25) is 0 Å². The van der Waals surface area contributed by atoms with Gasteiger partial charge in [-0.3, -0.25) is 0 Å². The summed E-state index contributed by atoms with van der Waals surface area (Å²) in [6, 6.07) is 5.30. The number of para-hydroxylation sites is 1. The second kappa shape index (κ2) is 3.83. The minimum atomic E-state index is -4.29. The number of hydrogen-bond donors (Lipinski definition) is 2. The van der Waals surface area contributed by atoms with Crippen LogP contribution in [-0.4, -0.2) is 18.2 Å². The largest absolute Gasteiger partial charge is 0.407 e. The van der Waals surface area contributed by atoms with E-state index in [0.29, 0.717) is 10.9 Å². The zero-order chi connectivity index (χ0) is 11.8. The molecule has 2 aromatic rings. The van der Waals surface area contributed by atoms with E-state index < -0.39 is 12.2 Å². The number of alkyl halides is 3. The second-order valence-corrected chi connectivity index (χ2v) is 3.55. The quantitative estimate of drug-likeness (QED) is 0.812. The summed E-state index contributed by atoms with van der Waals surface area (Å²) in [6.45, 7) is 0. The molecule has 0 fully saturated rings. The van der Waals surface area contributed by atoms with Gasteiger partial charge in [-0.05, 0) is 13.1 Å². The minimum Gasteiger partial charge on any atom is -0.361 e. The Balaban J connectivity index is 2.54. The third kappa shape index (κ3) is 1.78. The number of nitrogens with one attached hydrogen (secondary N) is 2. The Morgan fingerprint density at radius 1 is 1.25 bits per heavy atom. The highest BCUT2D eigenvalue weighted by Gasteiger charge is 2.40. The van der Waals surface area contributed by atoms with Crippen molar-refractivity contribution in [3.05, 3.63) is 36.0 Å². The molecule has 0 saturated carbocycles. The van der Waals surface area contributed by atoms with Crippen LogP contribution in [0.25, 0.3) is 10.9 Å². The van der Waals surface area contributed by atoms with Gasteiger partial charge in [0, 0.05) is 22.7 Å². The first-order valence-corrected chi connectivity index (χ1v) is 4.84. The molecule has 2 rings (SSSR count). The topological polar surface area (TPSA) is 27.8 Å². The van der Waals surface area contributed by atoms with Crippen LogP contribution in [0.15, 0.2) is 30.5 Å². The van der Waals surface area contributed by atoms with Crippen LogP contribution in [0.3, 0.4) is 0 Å². The number of fused-ring (bicyclic) bond motifs is 1. The Hall–Kier alpha value is -1.49. The lowest BCUT2D eigenvalue weighted by atomic mass is 10.1. The maximum atomic E-state index is 12.7. The lowest BCUT2D eigenvalue weighted by molar-refractivity contribution is -0.156. The fourth-order valence-electron chi connectivity index (χ4n) is 1.83. The summed E-state index contributed by atoms with van der Waals surface area (Å²) in [5.74, 6) is 0. The molecule has 0 saturated heterocycles. The Labute approximate surface area is 90.5 Å². The van der Waals surface area contributed by atoms with Crippen molar-refractivity contribution in [2.45, 2.75) is 12.2 Å². The first-order chi connectivity index (χ1) is 7.54. The zero-order valence-electron chi connectivity index (χ0n) is 8.60. The van der Waals surface area contributed by atoms with E-state index in [1.807, 2.05) is 0 Å². The third-order valence-corrected chi connectivity index (χ3v) is 2.55. The smallest absolute Gasteiger partial charge is 0.361 e. The number of benzene rings is 1. The van der Waals surface area contributed by atoms with Crippen molar-refractivity contribution in [2.24, 2.45) is 0 Å². The number of aromatic amines is 1. The van der Waals surface area contributed by atoms with Crippen molar-refractivity contribution < 1.29 is 13.2 Å². The van der Waals surface area contributed by atoms with Crippen LogP contribution in [0.1, 0.15) is 11.6 Å². The fourth-order valence-corrected chi connectivity index (χ4v) is 1.83. The Kier molecular flexibility index (Phi) is 2.63. The van der Waals surface area contributed by atoms with E-state index >= 15 is 0 Å². The maximum Gasteiger partial charge on any atom is 0.407 e. The molecule has 0 amide bonds. The predicted octanol–water partition coefficient (Wildman–Crippen LogP) is 2.99. The predicted molar refractivity (Wildman–Crippen MR) is 56.2 cm³/mol. The molecule has 0 bridgehead atoms. The van der Waals surface area contributed by atoms with Crippen LogP contribution in [0, 0.1) is 0 Å². The van der Waals surface area contributed by atoms with Crippen molar-refractivity contribution >= 4 is 10.9 Å². The average Bonchev–Trinajstić information content (AvgIpc) is 2.61. The molecule has 0 unspecified atom stereocenters. The summed E-state index contributed by atoms with van der Waals surface area (Å²) < 4.78 is 38.2. The molecule has 2 nitrogen and oxygen atoms in total. The molecule has 2 N–H and O–H groups in total. The first-order valence-electron chi connectivity index (χ1n) is 4.84. The number of rotatable bonds is 2. The molecule has 1 aromatic heterocycles. The summed E-state index contributed by atoms with van der Waals surface area (Å²) in [6.07, 6.45) is -2.89. The summed E-state index contributed by atoms with van der Waals surface area (Å²) >= 11 is 0. The van der Waals surface area contributed by atoms with E-state index in [1.165, 1.54) is 13.2 Å². The standard InChI is InChI=1S/C11H11F3N2/c1-15-10(11(12,13)14)8-6-16-9-5-3-2-4-7(8)9/h2-6,10,15-16H,1H3/t10-/m0/s1. The molecule has 1 atom stereocenters. The molecule has 0 aliphatic carbocycles. The average molecular weight is 228 g/mol. The highest BCUT2D eigenvalue weighted by molar-refractivity contribution is 5.83. The SMILES string of the molecule is CN[C@@H](c1c[nH]c2ccccc12)C(F)(F)F. The molecular formula is C11H11F3N2. The highest BCUT2D eigenvalue weighted by Crippen LogP contribution is 2.35. The Morgan fingerprint density at radius 3 is 2.56 bits per heavy atom. The van der Waals surface area contributed by atoms with E-state index in [2.05, 4.69) is 10.3 Å². The van der Waals surface area contributed by atoms with Crippen molar-refractivity contribution in [3.8, 4) is 0 Å². The minimum absolute atomic E-state index is 0.227. The lowest BCUT2D eigenvalue weighted by Crippen LogP contribution is -2.31. The number of halogens is 3. The number of aromatic nitrogens is 1. The van der Waals surface area contributed by atoms with E-state index in [9.17, 15) is 13.2 Å². The van der Waals surface area contributed by atoms with E-state index in [1.54, 1.807) is 24.3 Å². The summed E-state index contributed by atoms with van der Waals surface area (Å²) in [7, 11) is 1.31. The Bertz CT molecular complexity index is 487. The molecule has 0 aliphatic heterocycles. The molecule has 0 spiro atoms. The van der Waals surface area contributed by atoms with Gasteiger partial charge in [-0.15, -0.1) is 0 Å². The van der Waals surface area contributed by atoms with Crippen LogP contribution in [0.5, 0.6) is 0 Å². The molecule has 0 aliphatic rings. The van der Waals surface area contributed by atoms with E-state index in [4.69, 9.17) is 0 Å². The molecule has 5 heteroatoms. The van der Waals surface area contributed by atoms with E-state index in [0.717, 1.165) is 0 Å². The van der Waals surface area contributed by atoms with Gasteiger partial charge in [0.15, 0.2) is 0 Å². The zero-order valence-corrected chi connectivity index (χ0v) is 8.60. The Morgan fingerprint density at radius 2 is 1.94 bits per heavy atom. The summed E-state index contributed by atoms with van der Waals surface area (Å²) in [5.41, 5.74) is 0.938. The number of H-pyrrole nitrogens is 1. The van der Waals surface area contributed by atoms with Crippen molar-refractivity contribution in [2.75, 3.05) is 7.05 Å². The van der Waals surface area contributed by atoms with Crippen LogP contribution in [0.2, 0.25) is 0 Å². The van der Waals surface area contributed by atoms with E-state index in [-0.39, 0.29) is 5.56 Å². The van der Waals surface area contributed by atoms with Crippen LogP contribution < -0.4 is 5.32 Å². The van der Waals surface area contributed by atoms with Gasteiger partial charge in [0.25, 0.3) is 0 Å². The van der Waals surface area contributed by atoms with Crippen molar-refractivity contribution in [1.29, 1.82) is 0 Å². The van der Waals surface area contributed by atoms with Gasteiger partial charge in [0.1, 0.15) is 6.04 Å². The number of hydrogen-bond acceptors (Lipinski definition) is 1. The molecule has 1 aromatic carbocycles. The molecule has 16 heavy (non-hydrogen) atoms. The van der Waals surface area contributed by atoms with Crippen LogP contribution in [-0.2, 0) is 0 Å². The normalized spacial score (nSPS) is 14.2. The lowest BCUT2D eigenvalue weighted by Gasteiger charge is -2.18. The van der Waals surface area contributed by atoms with Crippen molar-refractivity contribution in [1.82, 2.24) is 10.3 Å². The second-order valence-electron chi connectivity index (χ2n) is 3.55. The van der Waals surface area contributed by atoms with Gasteiger partial charge in [0.05, 0.1) is 0 Å². The first kappa shape index (κ1) is 11.0. The van der Waals surface area contributed by atoms with Gasteiger partial charge in [-0.25, -0.2) is 0 Å². The highest BCUT2D eigenvalue weighted by atomic mass is 19.4. The molecule has 0 radical (unpaired) electrons. The monoisotopic (exact) mass is 228 g/mol. The summed E-state index contributed by atoms with van der Waals surface area (Å²) in [5, 5.41) is 2.89. The fraction of sp³-hybridized carbons (Fsp3) is 0.273. The van der Waals surface area contributed by atoms with Gasteiger partial charge in [-0.2, -0.15) is 13.2 Å². The molecular weight excluding hydrogens is 217 g/mol. The molecule has 1 heterocycles. The van der Waals surface area contributed by atoms with Crippen molar-refractivity contribution in [3.63, 3.8) is 0 Å². The van der Waals surface area contributed by atoms with Gasteiger partial charge in [-0.1, -0.05) is 18.2 Å². The maximum absolute atomic E-state index is 12.7. The third-order valence-electron chi connectivity index (χ3n) is 2.55. The van der Waals surface area contributed by atoms with Gasteiger partial charge >= 0.3 is 6.18 Å². The van der Waals surface area contributed by atoms with Gasteiger partial charge < -0.3 is 10.3 Å². The molecule has 86 valence electrons.